The Morgan fingerprint density at radius 1 is 1.12 bits per heavy atom. The highest BCUT2D eigenvalue weighted by molar-refractivity contribution is 9.10. The number of furan rings is 1. The fraction of sp³-hybridized carbons (Fsp3) is 0.111. The van der Waals surface area contributed by atoms with E-state index in [4.69, 9.17) is 4.42 Å². The minimum atomic E-state index is -0.0737. The van der Waals surface area contributed by atoms with E-state index >= 15 is 0 Å². The molecule has 2 N–H and O–H groups in total. The predicted octanol–water partition coefficient (Wildman–Crippen LogP) is 4.23. The van der Waals surface area contributed by atoms with Crippen LogP contribution in [0.2, 0.25) is 0 Å². The van der Waals surface area contributed by atoms with Gasteiger partial charge in [-0.25, -0.2) is 4.98 Å². The summed E-state index contributed by atoms with van der Waals surface area (Å²) in [4.78, 5) is 16.3. The van der Waals surface area contributed by atoms with Crippen LogP contribution in [0.15, 0.2) is 69.9 Å². The van der Waals surface area contributed by atoms with Gasteiger partial charge in [0, 0.05) is 4.47 Å². The first-order valence-electron chi connectivity index (χ1n) is 7.46. The Bertz CT molecular complexity index is 784. The predicted molar refractivity (Wildman–Crippen MR) is 96.7 cm³/mol. The lowest BCUT2D eigenvalue weighted by Crippen LogP contribution is -2.14. The zero-order chi connectivity index (χ0) is 16.8. The van der Waals surface area contributed by atoms with Gasteiger partial charge in [-0.15, -0.1) is 0 Å². The zero-order valence-corrected chi connectivity index (χ0v) is 14.4. The Morgan fingerprint density at radius 3 is 2.62 bits per heavy atom. The average molecular weight is 386 g/mol. The van der Waals surface area contributed by atoms with E-state index in [9.17, 15) is 4.79 Å². The number of benzene rings is 1. The van der Waals surface area contributed by atoms with Crippen molar-refractivity contribution in [1.29, 1.82) is 0 Å². The quantitative estimate of drug-likeness (QED) is 0.666. The first-order valence-corrected chi connectivity index (χ1v) is 8.25. The lowest BCUT2D eigenvalue weighted by atomic mass is 10.1. The second-order valence-electron chi connectivity index (χ2n) is 5.22. The summed E-state index contributed by atoms with van der Waals surface area (Å²) in [5.41, 5.74) is 1.63. The summed E-state index contributed by atoms with van der Waals surface area (Å²) >= 11 is 3.38. The molecule has 122 valence electrons. The Kier molecular flexibility index (Phi) is 5.28. The van der Waals surface area contributed by atoms with Crippen LogP contribution in [0.1, 0.15) is 11.3 Å². The Morgan fingerprint density at radius 2 is 1.96 bits per heavy atom. The maximum Gasteiger partial charge on any atom is 0.228 e. The standard InChI is InChI=1S/C18H16BrN3O2/c19-14-5-3-13(4-6-14)10-18(23)22-15-7-8-17(20-11-15)21-12-16-2-1-9-24-16/h1-9,11H,10,12H2,(H,20,21)(H,22,23). The minimum Gasteiger partial charge on any atom is -0.467 e. The number of pyridine rings is 1. The highest BCUT2D eigenvalue weighted by Gasteiger charge is 2.05. The molecule has 0 aliphatic heterocycles. The van der Waals surface area contributed by atoms with Crippen molar-refractivity contribution in [2.45, 2.75) is 13.0 Å². The number of amides is 1. The van der Waals surface area contributed by atoms with Gasteiger partial charge in [0.15, 0.2) is 0 Å². The summed E-state index contributed by atoms with van der Waals surface area (Å²) < 4.78 is 6.24. The number of nitrogens with zero attached hydrogens (tertiary/aromatic N) is 1. The molecule has 0 saturated heterocycles. The van der Waals surface area contributed by atoms with Gasteiger partial charge in [-0.05, 0) is 42.0 Å². The van der Waals surface area contributed by atoms with Crippen molar-refractivity contribution in [3.8, 4) is 0 Å². The molecule has 0 spiro atoms. The van der Waals surface area contributed by atoms with Crippen molar-refractivity contribution in [3.05, 3.63) is 76.8 Å². The van der Waals surface area contributed by atoms with Crippen molar-refractivity contribution in [2.75, 3.05) is 10.6 Å². The van der Waals surface area contributed by atoms with Crippen LogP contribution in [0.25, 0.3) is 0 Å². The molecule has 0 aliphatic carbocycles. The molecule has 0 unspecified atom stereocenters. The molecule has 0 saturated carbocycles. The number of rotatable bonds is 6. The molecule has 5 nitrogen and oxygen atoms in total. The molecule has 24 heavy (non-hydrogen) atoms. The third kappa shape index (κ3) is 4.70. The number of carbonyl (C=O) groups excluding carboxylic acids is 1. The molecule has 1 aromatic carbocycles. The smallest absolute Gasteiger partial charge is 0.228 e. The van der Waals surface area contributed by atoms with Gasteiger partial charge in [0.05, 0.1) is 31.1 Å². The summed E-state index contributed by atoms with van der Waals surface area (Å²) in [6.45, 7) is 0.565. The number of aromatic nitrogens is 1. The fourth-order valence-corrected chi connectivity index (χ4v) is 2.42. The van der Waals surface area contributed by atoms with Gasteiger partial charge in [-0.3, -0.25) is 4.79 Å². The van der Waals surface area contributed by atoms with Gasteiger partial charge in [0.1, 0.15) is 11.6 Å². The SMILES string of the molecule is O=C(Cc1ccc(Br)cc1)Nc1ccc(NCc2ccco2)nc1. The maximum atomic E-state index is 12.1. The topological polar surface area (TPSA) is 67.2 Å². The number of anilines is 2. The monoisotopic (exact) mass is 385 g/mol. The Labute approximate surface area is 148 Å². The molecule has 0 bridgehead atoms. The van der Waals surface area contributed by atoms with Crippen LogP contribution < -0.4 is 10.6 Å². The first-order chi connectivity index (χ1) is 11.7. The van der Waals surface area contributed by atoms with Gasteiger partial charge >= 0.3 is 0 Å². The Balaban J connectivity index is 1.51. The zero-order valence-electron chi connectivity index (χ0n) is 12.8. The molecule has 3 rings (SSSR count). The maximum absolute atomic E-state index is 12.1. The van der Waals surface area contributed by atoms with Crippen molar-refractivity contribution in [1.82, 2.24) is 4.98 Å². The van der Waals surface area contributed by atoms with Crippen LogP contribution in [-0.2, 0) is 17.8 Å². The van der Waals surface area contributed by atoms with E-state index in [-0.39, 0.29) is 5.91 Å². The molecule has 6 heteroatoms. The van der Waals surface area contributed by atoms with E-state index in [0.29, 0.717) is 18.7 Å². The fourth-order valence-electron chi connectivity index (χ4n) is 2.16. The molecule has 0 atom stereocenters. The van der Waals surface area contributed by atoms with E-state index in [0.717, 1.165) is 21.6 Å². The lowest BCUT2D eigenvalue weighted by molar-refractivity contribution is -0.115. The highest BCUT2D eigenvalue weighted by Crippen LogP contribution is 2.13. The molecular weight excluding hydrogens is 370 g/mol. The van der Waals surface area contributed by atoms with E-state index < -0.39 is 0 Å². The molecule has 3 aromatic rings. The van der Waals surface area contributed by atoms with Crippen molar-refractivity contribution in [3.63, 3.8) is 0 Å². The molecule has 0 radical (unpaired) electrons. The third-order valence-corrected chi connectivity index (χ3v) is 3.88. The van der Waals surface area contributed by atoms with Crippen LogP contribution in [-0.4, -0.2) is 10.9 Å². The van der Waals surface area contributed by atoms with Crippen molar-refractivity contribution < 1.29 is 9.21 Å². The summed E-state index contributed by atoms with van der Waals surface area (Å²) in [6.07, 6.45) is 3.59. The molecule has 2 heterocycles. The summed E-state index contributed by atoms with van der Waals surface area (Å²) in [7, 11) is 0. The molecule has 0 fully saturated rings. The molecule has 1 amide bonds. The molecule has 2 aromatic heterocycles. The van der Waals surface area contributed by atoms with Crippen LogP contribution in [0.3, 0.4) is 0 Å². The van der Waals surface area contributed by atoms with E-state index in [2.05, 4.69) is 31.5 Å². The number of hydrogen-bond acceptors (Lipinski definition) is 4. The molecule has 0 aliphatic rings. The van der Waals surface area contributed by atoms with Crippen molar-refractivity contribution >= 4 is 33.3 Å². The van der Waals surface area contributed by atoms with Crippen LogP contribution in [0, 0.1) is 0 Å². The molecular formula is C18H16BrN3O2. The third-order valence-electron chi connectivity index (χ3n) is 3.35. The Hall–Kier alpha value is -2.60. The summed E-state index contributed by atoms with van der Waals surface area (Å²) in [6, 6.07) is 15.0. The largest absolute Gasteiger partial charge is 0.467 e. The van der Waals surface area contributed by atoms with Crippen molar-refractivity contribution in [2.24, 2.45) is 0 Å². The lowest BCUT2D eigenvalue weighted by Gasteiger charge is -2.07. The van der Waals surface area contributed by atoms with Gasteiger partial charge in [-0.1, -0.05) is 28.1 Å². The number of halogens is 1. The van der Waals surface area contributed by atoms with Crippen LogP contribution in [0.4, 0.5) is 11.5 Å². The second kappa shape index (κ2) is 7.79. The van der Waals surface area contributed by atoms with Gasteiger partial charge in [0.25, 0.3) is 0 Å². The normalized spacial score (nSPS) is 10.4. The van der Waals surface area contributed by atoms with Gasteiger partial charge in [-0.2, -0.15) is 0 Å². The van der Waals surface area contributed by atoms with Crippen LogP contribution >= 0.6 is 15.9 Å². The number of nitrogens with one attached hydrogen (secondary N) is 2. The van der Waals surface area contributed by atoms with Gasteiger partial charge in [0.2, 0.25) is 5.91 Å². The number of hydrogen-bond donors (Lipinski definition) is 2. The highest BCUT2D eigenvalue weighted by atomic mass is 79.9. The van der Waals surface area contributed by atoms with Gasteiger partial charge < -0.3 is 15.1 Å². The van der Waals surface area contributed by atoms with E-state index in [1.807, 2.05) is 48.5 Å². The van der Waals surface area contributed by atoms with E-state index in [1.54, 1.807) is 12.5 Å². The minimum absolute atomic E-state index is 0.0737. The number of carbonyl (C=O) groups is 1. The van der Waals surface area contributed by atoms with E-state index in [1.165, 1.54) is 0 Å². The summed E-state index contributed by atoms with van der Waals surface area (Å²) in [5, 5.41) is 5.99. The first kappa shape index (κ1) is 16.3. The average Bonchev–Trinajstić information content (AvgIpc) is 3.10. The van der Waals surface area contributed by atoms with Crippen LogP contribution in [0.5, 0.6) is 0 Å². The summed E-state index contributed by atoms with van der Waals surface area (Å²) in [5.74, 6) is 1.48. The second-order valence-corrected chi connectivity index (χ2v) is 6.13.